The summed E-state index contributed by atoms with van der Waals surface area (Å²) in [5, 5.41) is 2.58. The van der Waals surface area contributed by atoms with Crippen LogP contribution >= 0.6 is 0 Å². The quantitative estimate of drug-likeness (QED) is 0.925. The molecule has 0 saturated heterocycles. The third-order valence-corrected chi connectivity index (χ3v) is 3.99. The maximum absolute atomic E-state index is 13.8. The van der Waals surface area contributed by atoms with Crippen LogP contribution in [0.25, 0.3) is 0 Å². The third-order valence-electron chi connectivity index (χ3n) is 3.99. The highest BCUT2D eigenvalue weighted by atomic mass is 19.1. The zero-order valence-corrected chi connectivity index (χ0v) is 13.0. The number of nitrogens with zero attached hydrogens (tertiary/aromatic N) is 1. The van der Waals surface area contributed by atoms with Crippen LogP contribution in [-0.2, 0) is 11.2 Å². The van der Waals surface area contributed by atoms with Gasteiger partial charge in [0.05, 0.1) is 5.69 Å². The molecular formula is C18H17FN2O2. The Bertz CT molecular complexity index is 802. The summed E-state index contributed by atoms with van der Waals surface area (Å²) in [4.78, 5) is 25.5. The Morgan fingerprint density at radius 1 is 1.17 bits per heavy atom. The fraction of sp³-hybridized carbons (Fsp3) is 0.222. The zero-order valence-electron chi connectivity index (χ0n) is 13.0. The lowest BCUT2D eigenvalue weighted by Crippen LogP contribution is -2.25. The molecule has 1 N–H and O–H groups in total. The number of benzene rings is 2. The summed E-state index contributed by atoms with van der Waals surface area (Å²) in [6.07, 6.45) is 0.717. The molecule has 0 fully saturated rings. The number of hydrogen-bond acceptors (Lipinski definition) is 2. The molecule has 0 aliphatic carbocycles. The molecule has 0 unspecified atom stereocenters. The first-order valence-electron chi connectivity index (χ1n) is 7.44. The molecule has 2 amide bonds. The van der Waals surface area contributed by atoms with E-state index in [0.717, 1.165) is 23.2 Å². The zero-order chi connectivity index (χ0) is 16.6. The largest absolute Gasteiger partial charge is 0.319 e. The van der Waals surface area contributed by atoms with Gasteiger partial charge in [0.1, 0.15) is 5.82 Å². The summed E-state index contributed by atoms with van der Waals surface area (Å²) in [6.45, 7) is 3.94. The minimum atomic E-state index is -0.456. The molecule has 1 aliphatic heterocycles. The molecule has 23 heavy (non-hydrogen) atoms. The van der Waals surface area contributed by atoms with Crippen molar-refractivity contribution in [1.82, 2.24) is 0 Å². The van der Waals surface area contributed by atoms with Crippen LogP contribution in [0, 0.1) is 12.7 Å². The normalized spacial score (nSPS) is 12.9. The van der Waals surface area contributed by atoms with Gasteiger partial charge in [-0.05, 0) is 54.8 Å². The molecule has 0 atom stereocenters. The van der Waals surface area contributed by atoms with Gasteiger partial charge in [0.2, 0.25) is 5.91 Å². The molecule has 4 nitrogen and oxygen atoms in total. The molecule has 0 bridgehead atoms. The molecule has 2 aromatic carbocycles. The van der Waals surface area contributed by atoms with E-state index in [0.29, 0.717) is 12.1 Å². The van der Waals surface area contributed by atoms with Gasteiger partial charge in [-0.1, -0.05) is 6.07 Å². The Balaban J connectivity index is 1.82. The minimum absolute atomic E-state index is 0.0114. The van der Waals surface area contributed by atoms with E-state index in [1.54, 1.807) is 42.2 Å². The number of halogens is 1. The smallest absolute Gasteiger partial charge is 0.255 e. The van der Waals surface area contributed by atoms with Gasteiger partial charge in [0, 0.05) is 24.7 Å². The van der Waals surface area contributed by atoms with Crippen LogP contribution in [0.5, 0.6) is 0 Å². The number of hydrogen-bond donors (Lipinski definition) is 1. The van der Waals surface area contributed by atoms with Gasteiger partial charge >= 0.3 is 0 Å². The molecule has 2 aromatic rings. The molecule has 1 heterocycles. The SMILES string of the molecule is CC(=O)N1CCc2cc(C(=O)Nc3ccc(C)cc3F)ccc21. The van der Waals surface area contributed by atoms with E-state index in [4.69, 9.17) is 0 Å². The molecule has 5 heteroatoms. The van der Waals surface area contributed by atoms with Gasteiger partial charge in [-0.2, -0.15) is 0 Å². The summed E-state index contributed by atoms with van der Waals surface area (Å²) in [5.41, 5.74) is 3.20. The van der Waals surface area contributed by atoms with Crippen molar-refractivity contribution in [3.8, 4) is 0 Å². The molecule has 0 radical (unpaired) electrons. The van der Waals surface area contributed by atoms with Crippen LogP contribution in [0.2, 0.25) is 0 Å². The predicted octanol–water partition coefficient (Wildman–Crippen LogP) is 3.30. The monoisotopic (exact) mass is 312 g/mol. The summed E-state index contributed by atoms with van der Waals surface area (Å²) in [7, 11) is 0. The van der Waals surface area contributed by atoms with Gasteiger partial charge in [-0.15, -0.1) is 0 Å². The number of fused-ring (bicyclic) bond motifs is 1. The average Bonchev–Trinajstić information content (AvgIpc) is 2.93. The van der Waals surface area contributed by atoms with Crippen molar-refractivity contribution in [3.63, 3.8) is 0 Å². The maximum atomic E-state index is 13.8. The summed E-state index contributed by atoms with van der Waals surface area (Å²) in [5.74, 6) is -0.832. The number of carbonyl (C=O) groups is 2. The van der Waals surface area contributed by atoms with Gasteiger partial charge in [-0.25, -0.2) is 4.39 Å². The Hall–Kier alpha value is -2.69. The van der Waals surface area contributed by atoms with Crippen LogP contribution < -0.4 is 10.2 Å². The van der Waals surface area contributed by atoms with E-state index < -0.39 is 5.82 Å². The molecule has 0 spiro atoms. The standard InChI is InChI=1S/C18H17FN2O2/c1-11-3-5-16(15(19)9-11)20-18(23)14-4-6-17-13(10-14)7-8-21(17)12(2)22/h3-6,9-10H,7-8H2,1-2H3,(H,20,23). The van der Waals surface area contributed by atoms with E-state index in [-0.39, 0.29) is 17.5 Å². The fourth-order valence-corrected chi connectivity index (χ4v) is 2.79. The van der Waals surface area contributed by atoms with Crippen LogP contribution in [0.3, 0.4) is 0 Å². The van der Waals surface area contributed by atoms with Crippen LogP contribution in [-0.4, -0.2) is 18.4 Å². The second kappa shape index (κ2) is 5.83. The predicted molar refractivity (Wildman–Crippen MR) is 87.3 cm³/mol. The van der Waals surface area contributed by atoms with Crippen LogP contribution in [0.4, 0.5) is 15.8 Å². The minimum Gasteiger partial charge on any atom is -0.319 e. The summed E-state index contributed by atoms with van der Waals surface area (Å²) < 4.78 is 13.8. The highest BCUT2D eigenvalue weighted by molar-refractivity contribution is 6.05. The highest BCUT2D eigenvalue weighted by Gasteiger charge is 2.23. The molecular weight excluding hydrogens is 295 g/mol. The molecule has 0 aromatic heterocycles. The fourth-order valence-electron chi connectivity index (χ4n) is 2.79. The number of rotatable bonds is 2. The van der Waals surface area contributed by atoms with Crippen LogP contribution in [0.1, 0.15) is 28.4 Å². The lowest BCUT2D eigenvalue weighted by molar-refractivity contribution is -0.116. The van der Waals surface area contributed by atoms with E-state index in [9.17, 15) is 14.0 Å². The Labute approximate surface area is 133 Å². The first-order chi connectivity index (χ1) is 11.0. The van der Waals surface area contributed by atoms with Crippen molar-refractivity contribution in [3.05, 3.63) is 58.9 Å². The van der Waals surface area contributed by atoms with Crippen molar-refractivity contribution in [1.29, 1.82) is 0 Å². The van der Waals surface area contributed by atoms with Crippen molar-refractivity contribution in [2.24, 2.45) is 0 Å². The molecule has 3 rings (SSSR count). The maximum Gasteiger partial charge on any atom is 0.255 e. The van der Waals surface area contributed by atoms with E-state index in [2.05, 4.69) is 5.32 Å². The molecule has 0 saturated carbocycles. The van der Waals surface area contributed by atoms with E-state index in [1.807, 2.05) is 0 Å². The lowest BCUT2D eigenvalue weighted by atomic mass is 10.1. The first-order valence-corrected chi connectivity index (χ1v) is 7.44. The Morgan fingerprint density at radius 3 is 2.65 bits per heavy atom. The van der Waals surface area contributed by atoms with Gasteiger partial charge in [0.25, 0.3) is 5.91 Å². The topological polar surface area (TPSA) is 49.4 Å². The van der Waals surface area contributed by atoms with Gasteiger partial charge in [-0.3, -0.25) is 9.59 Å². The first kappa shape index (κ1) is 15.2. The second-order valence-corrected chi connectivity index (χ2v) is 5.70. The van der Waals surface area contributed by atoms with Crippen molar-refractivity contribution >= 4 is 23.2 Å². The number of carbonyl (C=O) groups excluding carboxylic acids is 2. The third kappa shape index (κ3) is 2.95. The Morgan fingerprint density at radius 2 is 1.96 bits per heavy atom. The summed E-state index contributed by atoms with van der Waals surface area (Å²) in [6, 6.07) is 9.86. The second-order valence-electron chi connectivity index (χ2n) is 5.70. The van der Waals surface area contributed by atoms with Crippen LogP contribution in [0.15, 0.2) is 36.4 Å². The van der Waals surface area contributed by atoms with Gasteiger partial charge in [0.15, 0.2) is 0 Å². The van der Waals surface area contributed by atoms with Crippen molar-refractivity contribution in [2.45, 2.75) is 20.3 Å². The van der Waals surface area contributed by atoms with Crippen molar-refractivity contribution < 1.29 is 14.0 Å². The Kier molecular flexibility index (Phi) is 3.86. The summed E-state index contributed by atoms with van der Waals surface area (Å²) >= 11 is 0. The number of anilines is 2. The van der Waals surface area contributed by atoms with Crippen molar-refractivity contribution in [2.75, 3.05) is 16.8 Å². The van der Waals surface area contributed by atoms with E-state index >= 15 is 0 Å². The lowest BCUT2D eigenvalue weighted by Gasteiger charge is -2.15. The number of nitrogens with one attached hydrogen (secondary N) is 1. The molecule has 118 valence electrons. The van der Waals surface area contributed by atoms with Gasteiger partial charge < -0.3 is 10.2 Å². The number of aryl methyl sites for hydroxylation is 1. The highest BCUT2D eigenvalue weighted by Crippen LogP contribution is 2.29. The molecule has 1 aliphatic rings. The van der Waals surface area contributed by atoms with E-state index in [1.165, 1.54) is 13.0 Å². The number of amides is 2. The average molecular weight is 312 g/mol.